The topological polar surface area (TPSA) is 73.5 Å². The first-order chi connectivity index (χ1) is 7.08. The van der Waals surface area contributed by atoms with E-state index < -0.39 is 0 Å². The van der Waals surface area contributed by atoms with Crippen molar-refractivity contribution in [1.82, 2.24) is 21.1 Å². The zero-order valence-corrected chi connectivity index (χ0v) is 9.17. The number of piperazine rings is 1. The van der Waals surface area contributed by atoms with Crippen LogP contribution in [-0.2, 0) is 9.59 Å². The molecule has 0 aromatic carbocycles. The number of hydrazine groups is 1. The number of carbonyl (C=O) groups is 2. The second-order valence-corrected chi connectivity index (χ2v) is 3.82. The number of carbonyl (C=O) groups excluding carboxylic acids is 2. The molecule has 0 saturated carbocycles. The molecule has 6 nitrogen and oxygen atoms in total. The summed E-state index contributed by atoms with van der Waals surface area (Å²) in [6, 6.07) is 0.410. The molecule has 0 unspecified atom stereocenters. The van der Waals surface area contributed by atoms with E-state index in [1.807, 2.05) is 0 Å². The van der Waals surface area contributed by atoms with E-state index in [1.54, 1.807) is 0 Å². The van der Waals surface area contributed by atoms with Gasteiger partial charge in [-0.1, -0.05) is 0 Å². The lowest BCUT2D eigenvalue weighted by Gasteiger charge is -2.31. The lowest BCUT2D eigenvalue weighted by atomic mass is 10.2. The molecular formula is C9H18N4O2. The van der Waals surface area contributed by atoms with Gasteiger partial charge in [-0.15, -0.1) is 0 Å². The Hall–Kier alpha value is -1.14. The molecule has 1 fully saturated rings. The molecule has 0 radical (unpaired) electrons. The van der Waals surface area contributed by atoms with Crippen molar-refractivity contribution in [3.63, 3.8) is 0 Å². The molecule has 6 heteroatoms. The van der Waals surface area contributed by atoms with E-state index in [-0.39, 0.29) is 11.8 Å². The molecule has 86 valence electrons. The smallest absolute Gasteiger partial charge is 0.252 e. The van der Waals surface area contributed by atoms with Gasteiger partial charge in [0.05, 0.1) is 6.54 Å². The van der Waals surface area contributed by atoms with Gasteiger partial charge < -0.3 is 5.32 Å². The Morgan fingerprint density at radius 2 is 2.20 bits per heavy atom. The maximum Gasteiger partial charge on any atom is 0.252 e. The van der Waals surface area contributed by atoms with Crippen LogP contribution < -0.4 is 16.2 Å². The van der Waals surface area contributed by atoms with Crippen LogP contribution in [0.15, 0.2) is 0 Å². The number of nitrogens with zero attached hydrogens (tertiary/aromatic N) is 1. The SMILES string of the molecule is CC(=O)NNC(=O)CN1CCN[C@@H](C)C1. The van der Waals surface area contributed by atoms with E-state index in [0.29, 0.717) is 12.6 Å². The maximum atomic E-state index is 11.3. The fourth-order valence-corrected chi connectivity index (χ4v) is 1.56. The van der Waals surface area contributed by atoms with Crippen LogP contribution >= 0.6 is 0 Å². The van der Waals surface area contributed by atoms with E-state index in [0.717, 1.165) is 19.6 Å². The van der Waals surface area contributed by atoms with Crippen LogP contribution in [0.5, 0.6) is 0 Å². The molecule has 0 spiro atoms. The van der Waals surface area contributed by atoms with E-state index in [1.165, 1.54) is 6.92 Å². The average molecular weight is 214 g/mol. The molecule has 15 heavy (non-hydrogen) atoms. The molecule has 0 aliphatic carbocycles. The summed E-state index contributed by atoms with van der Waals surface area (Å²) in [7, 11) is 0. The van der Waals surface area contributed by atoms with Crippen LogP contribution in [0.2, 0.25) is 0 Å². The highest BCUT2D eigenvalue weighted by atomic mass is 16.2. The third-order valence-corrected chi connectivity index (χ3v) is 2.20. The minimum absolute atomic E-state index is 0.181. The molecule has 0 aromatic heterocycles. The molecule has 1 atom stereocenters. The normalized spacial score (nSPS) is 22.1. The zero-order valence-electron chi connectivity index (χ0n) is 9.17. The number of rotatable bonds is 2. The molecule has 2 amide bonds. The van der Waals surface area contributed by atoms with Crippen molar-refractivity contribution >= 4 is 11.8 Å². The highest BCUT2D eigenvalue weighted by Crippen LogP contribution is 1.96. The highest BCUT2D eigenvalue weighted by molar-refractivity contribution is 5.81. The third-order valence-electron chi connectivity index (χ3n) is 2.20. The fraction of sp³-hybridized carbons (Fsp3) is 0.778. The number of nitrogens with one attached hydrogen (secondary N) is 3. The van der Waals surface area contributed by atoms with Crippen molar-refractivity contribution in [1.29, 1.82) is 0 Å². The van der Waals surface area contributed by atoms with Crippen molar-refractivity contribution in [2.24, 2.45) is 0 Å². The van der Waals surface area contributed by atoms with Crippen LogP contribution in [0, 0.1) is 0 Å². The maximum absolute atomic E-state index is 11.3. The van der Waals surface area contributed by atoms with Gasteiger partial charge in [-0.05, 0) is 6.92 Å². The summed E-state index contributed by atoms with van der Waals surface area (Å²) in [4.78, 5) is 23.9. The van der Waals surface area contributed by atoms with E-state index >= 15 is 0 Å². The van der Waals surface area contributed by atoms with Crippen molar-refractivity contribution in [3.8, 4) is 0 Å². The largest absolute Gasteiger partial charge is 0.312 e. The van der Waals surface area contributed by atoms with Crippen LogP contribution in [0.25, 0.3) is 0 Å². The minimum Gasteiger partial charge on any atom is -0.312 e. The lowest BCUT2D eigenvalue weighted by molar-refractivity contribution is -0.128. The number of hydrogen-bond acceptors (Lipinski definition) is 4. The zero-order chi connectivity index (χ0) is 11.3. The molecule has 1 rings (SSSR count). The van der Waals surface area contributed by atoms with Crippen LogP contribution in [0.4, 0.5) is 0 Å². The Kier molecular flexibility index (Phi) is 4.51. The Bertz CT molecular complexity index is 244. The van der Waals surface area contributed by atoms with Crippen molar-refractivity contribution in [2.45, 2.75) is 19.9 Å². The molecule has 1 aliphatic rings. The van der Waals surface area contributed by atoms with Gasteiger partial charge in [0.25, 0.3) is 5.91 Å². The summed E-state index contributed by atoms with van der Waals surface area (Å²) in [5.74, 6) is -0.448. The summed E-state index contributed by atoms with van der Waals surface area (Å²) < 4.78 is 0. The molecule has 3 N–H and O–H groups in total. The minimum atomic E-state index is -0.267. The lowest BCUT2D eigenvalue weighted by Crippen LogP contribution is -2.53. The Balaban J connectivity index is 2.22. The van der Waals surface area contributed by atoms with Gasteiger partial charge in [0.15, 0.2) is 0 Å². The number of hydrogen-bond donors (Lipinski definition) is 3. The molecule has 1 heterocycles. The molecule has 0 aromatic rings. The number of amides is 2. The first-order valence-corrected chi connectivity index (χ1v) is 5.09. The third kappa shape index (κ3) is 4.75. The molecule has 1 aliphatic heterocycles. The predicted octanol–water partition coefficient (Wildman–Crippen LogP) is -1.55. The van der Waals surface area contributed by atoms with Gasteiger partial charge >= 0.3 is 0 Å². The van der Waals surface area contributed by atoms with E-state index in [9.17, 15) is 9.59 Å². The first kappa shape index (κ1) is 11.9. The van der Waals surface area contributed by atoms with Crippen molar-refractivity contribution in [2.75, 3.05) is 26.2 Å². The van der Waals surface area contributed by atoms with Crippen LogP contribution in [0.3, 0.4) is 0 Å². The van der Waals surface area contributed by atoms with Gasteiger partial charge in [-0.2, -0.15) is 0 Å². The molecule has 0 bridgehead atoms. The Morgan fingerprint density at radius 3 is 2.80 bits per heavy atom. The van der Waals surface area contributed by atoms with Gasteiger partial charge in [-0.3, -0.25) is 25.3 Å². The monoisotopic (exact) mass is 214 g/mol. The second kappa shape index (κ2) is 5.67. The summed E-state index contributed by atoms with van der Waals surface area (Å²) in [5, 5.41) is 3.29. The van der Waals surface area contributed by atoms with E-state index in [2.05, 4.69) is 28.0 Å². The molecular weight excluding hydrogens is 196 g/mol. The summed E-state index contributed by atoms with van der Waals surface area (Å²) in [6.45, 7) is 6.37. The van der Waals surface area contributed by atoms with Gasteiger partial charge in [0.1, 0.15) is 0 Å². The summed E-state index contributed by atoms with van der Waals surface area (Å²) in [6.07, 6.45) is 0. The predicted molar refractivity (Wildman–Crippen MR) is 55.9 cm³/mol. The van der Waals surface area contributed by atoms with Crippen LogP contribution in [0.1, 0.15) is 13.8 Å². The fourth-order valence-electron chi connectivity index (χ4n) is 1.56. The van der Waals surface area contributed by atoms with Gasteiger partial charge in [0, 0.05) is 32.6 Å². The summed E-state index contributed by atoms with van der Waals surface area (Å²) in [5.41, 5.74) is 4.61. The van der Waals surface area contributed by atoms with Crippen molar-refractivity contribution in [3.05, 3.63) is 0 Å². The second-order valence-electron chi connectivity index (χ2n) is 3.82. The van der Waals surface area contributed by atoms with Gasteiger partial charge in [0.2, 0.25) is 5.91 Å². The highest BCUT2D eigenvalue weighted by Gasteiger charge is 2.17. The Labute approximate surface area is 89.4 Å². The van der Waals surface area contributed by atoms with E-state index in [4.69, 9.17) is 0 Å². The first-order valence-electron chi connectivity index (χ1n) is 5.09. The Morgan fingerprint density at radius 1 is 1.47 bits per heavy atom. The van der Waals surface area contributed by atoms with Crippen molar-refractivity contribution < 1.29 is 9.59 Å². The summed E-state index contributed by atoms with van der Waals surface area (Å²) >= 11 is 0. The average Bonchev–Trinajstić information content (AvgIpc) is 2.15. The molecule has 1 saturated heterocycles. The van der Waals surface area contributed by atoms with Gasteiger partial charge in [-0.25, -0.2) is 0 Å². The van der Waals surface area contributed by atoms with Crippen LogP contribution in [-0.4, -0.2) is 48.9 Å². The standard InChI is InChI=1S/C9H18N4O2/c1-7-5-13(4-3-10-7)6-9(15)12-11-8(2)14/h7,10H,3-6H2,1-2H3,(H,11,14)(H,12,15)/t7-/m0/s1. The quantitative estimate of drug-likeness (QED) is 0.486.